The van der Waals surface area contributed by atoms with E-state index in [4.69, 9.17) is 23.5 Å². The van der Waals surface area contributed by atoms with Gasteiger partial charge in [0.15, 0.2) is 17.3 Å². The summed E-state index contributed by atoms with van der Waals surface area (Å²) in [4.78, 5) is 12.6. The Morgan fingerprint density at radius 1 is 0.685 bits per heavy atom. The Balaban J connectivity index is 0.993. The van der Waals surface area contributed by atoms with Crippen LogP contribution >= 0.6 is 0 Å². The lowest BCUT2D eigenvalue weighted by atomic mass is 9.97. The predicted octanol–water partition coefficient (Wildman–Crippen LogP) is 5.87. The molecule has 0 bridgehead atoms. The fraction of sp³-hybridized carbons (Fsp3) is 0.317. The molecule has 0 radical (unpaired) electrons. The first kappa shape index (κ1) is 38.1. The van der Waals surface area contributed by atoms with Crippen LogP contribution in [0.2, 0.25) is 0 Å². The number of nitrogens with zero attached hydrogens (tertiary/aromatic N) is 1. The molecule has 0 aliphatic carbocycles. The third-order valence-corrected chi connectivity index (χ3v) is 9.36. The van der Waals surface area contributed by atoms with Crippen LogP contribution in [0.1, 0.15) is 70.0 Å². The lowest BCUT2D eigenvalue weighted by Crippen LogP contribution is -2.38. The minimum atomic E-state index is -0.416. The molecule has 1 aliphatic heterocycles. The molecule has 4 aromatic carbocycles. The number of methoxy groups -OCH3 is 2. The highest BCUT2D eigenvalue weighted by molar-refractivity contribution is 6.01. The molecule has 1 aromatic heterocycles. The van der Waals surface area contributed by atoms with Crippen molar-refractivity contribution < 1.29 is 48.7 Å². The lowest BCUT2D eigenvalue weighted by molar-refractivity contribution is 0.0935. The van der Waals surface area contributed by atoms with E-state index in [0.29, 0.717) is 86.6 Å². The van der Waals surface area contributed by atoms with Crippen LogP contribution in [0.4, 0.5) is 5.69 Å². The number of aromatic nitrogens is 1. The predicted molar refractivity (Wildman–Crippen MR) is 200 cm³/mol. The van der Waals surface area contributed by atoms with Crippen LogP contribution in [0.3, 0.4) is 0 Å². The van der Waals surface area contributed by atoms with Crippen LogP contribution in [0.15, 0.2) is 77.3 Å². The summed E-state index contributed by atoms with van der Waals surface area (Å²) in [7, 11) is 3.10. The Hall–Kier alpha value is -5.60. The van der Waals surface area contributed by atoms with Crippen molar-refractivity contribution in [1.82, 2.24) is 10.5 Å². The standard InChI is InChI=1S/C41H45N3O10/c1-50-37-18-26(34-20-36(54-44-34)27-16-28(21-45)32(24-48)29(17-27)22-46)19-38(51-2)39(37)53-14-8-4-3-7-13-52-35-12-11-25(15-30(35)23-47)40-42-33-10-6-5-9-31(33)41(49)43-40/h5-6,9-12,15-20,40,42,45-48H,3-4,7-8,13-14,21-24H2,1-2H3,(H,43,49). The van der Waals surface area contributed by atoms with Gasteiger partial charge in [0.2, 0.25) is 5.75 Å². The van der Waals surface area contributed by atoms with Crippen molar-refractivity contribution in [3.63, 3.8) is 0 Å². The van der Waals surface area contributed by atoms with E-state index >= 15 is 0 Å². The van der Waals surface area contributed by atoms with Gasteiger partial charge in [0.05, 0.1) is 59.4 Å². The molecule has 1 aliphatic rings. The Labute approximate surface area is 313 Å². The van der Waals surface area contributed by atoms with E-state index in [0.717, 1.165) is 36.9 Å². The summed E-state index contributed by atoms with van der Waals surface area (Å²) in [6, 6.07) is 21.6. The Kier molecular flexibility index (Phi) is 12.7. The number of aliphatic hydroxyl groups is 4. The van der Waals surface area contributed by atoms with E-state index in [9.17, 15) is 25.2 Å². The van der Waals surface area contributed by atoms with Crippen LogP contribution in [0.5, 0.6) is 23.0 Å². The number of para-hydroxylation sites is 1. The number of aliphatic hydroxyl groups excluding tert-OH is 4. The van der Waals surface area contributed by atoms with Gasteiger partial charge in [-0.05, 0) is 96.5 Å². The number of carbonyl (C=O) groups excluding carboxylic acids is 1. The molecule has 1 atom stereocenters. The lowest BCUT2D eigenvalue weighted by Gasteiger charge is -2.28. The Bertz CT molecular complexity index is 2010. The first-order chi connectivity index (χ1) is 26.4. The molecule has 6 N–H and O–H groups in total. The summed E-state index contributed by atoms with van der Waals surface area (Å²) in [6.45, 7) is -0.167. The monoisotopic (exact) mass is 739 g/mol. The van der Waals surface area contributed by atoms with Gasteiger partial charge in [-0.25, -0.2) is 0 Å². The minimum absolute atomic E-state index is 0.152. The van der Waals surface area contributed by atoms with Gasteiger partial charge >= 0.3 is 0 Å². The van der Waals surface area contributed by atoms with Crippen molar-refractivity contribution >= 4 is 11.6 Å². The van der Waals surface area contributed by atoms with Gasteiger partial charge in [-0.2, -0.15) is 0 Å². The largest absolute Gasteiger partial charge is 0.493 e. The fourth-order valence-electron chi connectivity index (χ4n) is 6.47. The highest BCUT2D eigenvalue weighted by Crippen LogP contribution is 2.42. The number of rotatable bonds is 18. The topological polar surface area (TPSA) is 185 Å². The van der Waals surface area contributed by atoms with E-state index < -0.39 is 6.17 Å². The first-order valence-electron chi connectivity index (χ1n) is 17.8. The molecular formula is C41H45N3O10. The van der Waals surface area contributed by atoms with E-state index in [2.05, 4.69) is 15.8 Å². The van der Waals surface area contributed by atoms with Crippen molar-refractivity contribution in [1.29, 1.82) is 0 Å². The SMILES string of the molecule is COc1cc(-c2cc(-c3cc(CO)c(CO)c(CO)c3)on2)cc(OC)c1OCCCCCCOc1ccc(C2NC(=O)c3ccccc3N2)cc1CO. The number of hydrogen-bond acceptors (Lipinski definition) is 12. The van der Waals surface area contributed by atoms with Crippen molar-refractivity contribution in [2.45, 2.75) is 58.3 Å². The first-order valence-corrected chi connectivity index (χ1v) is 17.8. The summed E-state index contributed by atoms with van der Waals surface area (Å²) in [6.07, 6.45) is 3.02. The van der Waals surface area contributed by atoms with Crippen LogP contribution < -0.4 is 29.6 Å². The smallest absolute Gasteiger partial charge is 0.255 e. The molecule has 0 spiro atoms. The average Bonchev–Trinajstić information content (AvgIpc) is 3.71. The minimum Gasteiger partial charge on any atom is -0.493 e. The van der Waals surface area contributed by atoms with Gasteiger partial charge in [-0.15, -0.1) is 0 Å². The summed E-state index contributed by atoms with van der Waals surface area (Å²) >= 11 is 0. The normalized spacial score (nSPS) is 13.5. The van der Waals surface area contributed by atoms with Gasteiger partial charge in [0.25, 0.3) is 5.91 Å². The van der Waals surface area contributed by atoms with Gasteiger partial charge in [0, 0.05) is 28.4 Å². The Morgan fingerprint density at radius 3 is 2.00 bits per heavy atom. The number of benzene rings is 4. The number of fused-ring (bicyclic) bond motifs is 1. The maximum absolute atomic E-state index is 12.6. The van der Waals surface area contributed by atoms with E-state index in [1.54, 1.807) is 50.6 Å². The summed E-state index contributed by atoms with van der Waals surface area (Å²) in [5.41, 5.74) is 6.08. The van der Waals surface area contributed by atoms with E-state index in [-0.39, 0.29) is 32.3 Å². The molecule has 5 aromatic rings. The molecule has 13 heteroatoms. The highest BCUT2D eigenvalue weighted by Gasteiger charge is 2.25. The molecule has 284 valence electrons. The third-order valence-electron chi connectivity index (χ3n) is 9.36. The average molecular weight is 740 g/mol. The molecule has 13 nitrogen and oxygen atoms in total. The number of unbranched alkanes of at least 4 members (excludes halogenated alkanes) is 3. The van der Waals surface area contributed by atoms with Crippen LogP contribution in [0, 0.1) is 0 Å². The van der Waals surface area contributed by atoms with Crippen molar-refractivity contribution in [2.75, 3.05) is 32.8 Å². The molecule has 1 amide bonds. The molecule has 0 saturated carbocycles. The molecular weight excluding hydrogens is 694 g/mol. The quantitative estimate of drug-likeness (QED) is 0.0589. The van der Waals surface area contributed by atoms with Crippen LogP contribution in [-0.2, 0) is 26.4 Å². The fourth-order valence-corrected chi connectivity index (χ4v) is 6.47. The molecule has 6 rings (SSSR count). The molecule has 2 heterocycles. The summed E-state index contributed by atoms with van der Waals surface area (Å²) in [5.74, 6) is 2.29. The number of anilines is 1. The second kappa shape index (κ2) is 18.0. The maximum Gasteiger partial charge on any atom is 0.255 e. The van der Waals surface area contributed by atoms with Crippen molar-refractivity contribution in [3.05, 3.63) is 106 Å². The molecule has 54 heavy (non-hydrogen) atoms. The number of amides is 1. The number of hydrogen-bond donors (Lipinski definition) is 6. The van der Waals surface area contributed by atoms with Crippen molar-refractivity contribution in [3.8, 4) is 45.6 Å². The van der Waals surface area contributed by atoms with E-state index in [1.807, 2.05) is 36.4 Å². The zero-order valence-electron chi connectivity index (χ0n) is 30.3. The third kappa shape index (κ3) is 8.45. The maximum atomic E-state index is 12.6. The molecule has 0 fully saturated rings. The Morgan fingerprint density at radius 2 is 1.35 bits per heavy atom. The number of ether oxygens (including phenoxy) is 4. The van der Waals surface area contributed by atoms with Gasteiger partial charge in [-0.3, -0.25) is 4.79 Å². The summed E-state index contributed by atoms with van der Waals surface area (Å²) in [5, 5.41) is 49.9. The van der Waals surface area contributed by atoms with E-state index in [1.165, 1.54) is 0 Å². The van der Waals surface area contributed by atoms with Gasteiger partial charge < -0.3 is 54.5 Å². The van der Waals surface area contributed by atoms with Crippen LogP contribution in [0.25, 0.3) is 22.6 Å². The van der Waals surface area contributed by atoms with Crippen LogP contribution in [-0.4, -0.2) is 58.9 Å². The van der Waals surface area contributed by atoms with Gasteiger partial charge in [-0.1, -0.05) is 23.4 Å². The zero-order valence-corrected chi connectivity index (χ0v) is 30.3. The van der Waals surface area contributed by atoms with Gasteiger partial charge in [0.1, 0.15) is 17.6 Å². The molecule has 1 unspecified atom stereocenters. The second-order valence-corrected chi connectivity index (χ2v) is 12.8. The van der Waals surface area contributed by atoms with Crippen molar-refractivity contribution in [2.24, 2.45) is 0 Å². The zero-order chi connectivity index (χ0) is 38.0. The second-order valence-electron chi connectivity index (χ2n) is 12.8. The number of nitrogens with one attached hydrogen (secondary N) is 2. The number of carbonyl (C=O) groups is 1. The highest BCUT2D eigenvalue weighted by atomic mass is 16.5. The summed E-state index contributed by atoms with van der Waals surface area (Å²) < 4.78 is 29.1. The molecule has 0 saturated heterocycles.